The molecule has 23 heavy (non-hydrogen) atoms. The van der Waals surface area contributed by atoms with Crippen LogP contribution in [0.1, 0.15) is 18.9 Å². The zero-order chi connectivity index (χ0) is 16.5. The molecule has 0 aliphatic carbocycles. The predicted octanol–water partition coefficient (Wildman–Crippen LogP) is 1.03. The molecule has 0 atom stereocenters. The highest BCUT2D eigenvalue weighted by Crippen LogP contribution is 2.15. The topological polar surface area (TPSA) is 70.7 Å². The second kappa shape index (κ2) is 9.27. The summed E-state index contributed by atoms with van der Waals surface area (Å²) in [6, 6.07) is 7.63. The first-order valence-electron chi connectivity index (χ1n) is 8.13. The Morgan fingerprint density at radius 2 is 1.91 bits per heavy atom. The van der Waals surface area contributed by atoms with Crippen LogP contribution in [0.2, 0.25) is 0 Å². The van der Waals surface area contributed by atoms with Gasteiger partial charge in [0.25, 0.3) is 0 Å². The summed E-state index contributed by atoms with van der Waals surface area (Å²) in [4.78, 5) is 26.0. The highest BCUT2D eigenvalue weighted by atomic mass is 16.5. The molecule has 1 aromatic carbocycles. The number of nitrogens with one attached hydrogen (secondary N) is 2. The maximum atomic E-state index is 12.0. The van der Waals surface area contributed by atoms with Crippen LogP contribution in [0.4, 0.5) is 5.69 Å². The normalized spacial score (nSPS) is 15.2. The van der Waals surface area contributed by atoms with E-state index < -0.39 is 0 Å². The number of para-hydroxylation sites is 1. The van der Waals surface area contributed by atoms with Crippen LogP contribution in [0.25, 0.3) is 0 Å². The van der Waals surface area contributed by atoms with E-state index in [4.69, 9.17) is 4.74 Å². The fraction of sp³-hybridized carbons (Fsp3) is 0.529. The van der Waals surface area contributed by atoms with Crippen LogP contribution < -0.4 is 10.6 Å². The van der Waals surface area contributed by atoms with Crippen molar-refractivity contribution in [2.24, 2.45) is 0 Å². The fourth-order valence-electron chi connectivity index (χ4n) is 2.53. The number of ether oxygens (including phenoxy) is 1. The average molecular weight is 319 g/mol. The molecule has 2 rings (SSSR count). The number of anilines is 1. The molecule has 1 aromatic rings. The van der Waals surface area contributed by atoms with Crippen LogP contribution in [0.3, 0.4) is 0 Å². The van der Waals surface area contributed by atoms with Crippen molar-refractivity contribution in [3.8, 4) is 0 Å². The number of hydrogen-bond acceptors (Lipinski definition) is 4. The second-order valence-electron chi connectivity index (χ2n) is 5.54. The lowest BCUT2D eigenvalue weighted by Crippen LogP contribution is -2.41. The smallest absolute Gasteiger partial charge is 0.233 e. The van der Waals surface area contributed by atoms with E-state index in [1.807, 2.05) is 31.2 Å². The number of aryl methyl sites for hydroxylation is 1. The molecule has 0 aromatic heterocycles. The lowest BCUT2D eigenvalue weighted by molar-refractivity contribution is -0.126. The van der Waals surface area contributed by atoms with Crippen LogP contribution in [0.5, 0.6) is 0 Å². The van der Waals surface area contributed by atoms with Gasteiger partial charge in [-0.2, -0.15) is 0 Å². The van der Waals surface area contributed by atoms with Gasteiger partial charge in [-0.1, -0.05) is 25.1 Å². The van der Waals surface area contributed by atoms with Gasteiger partial charge in [0.15, 0.2) is 0 Å². The van der Waals surface area contributed by atoms with E-state index in [-0.39, 0.29) is 18.2 Å². The van der Waals surface area contributed by atoms with E-state index in [1.165, 1.54) is 0 Å². The van der Waals surface area contributed by atoms with Crippen molar-refractivity contribution in [2.75, 3.05) is 44.7 Å². The van der Waals surface area contributed by atoms with Crippen LogP contribution in [-0.2, 0) is 20.7 Å². The van der Waals surface area contributed by atoms with Crippen LogP contribution >= 0.6 is 0 Å². The second-order valence-corrected chi connectivity index (χ2v) is 5.54. The van der Waals surface area contributed by atoms with Crippen molar-refractivity contribution in [3.63, 3.8) is 0 Å². The van der Waals surface area contributed by atoms with Crippen molar-refractivity contribution in [2.45, 2.75) is 19.8 Å². The lowest BCUT2D eigenvalue weighted by atomic mass is 10.1. The van der Waals surface area contributed by atoms with E-state index >= 15 is 0 Å². The Hall–Kier alpha value is -1.92. The van der Waals surface area contributed by atoms with E-state index in [1.54, 1.807) is 0 Å². The number of nitrogens with zero attached hydrogens (tertiary/aromatic N) is 1. The van der Waals surface area contributed by atoms with Crippen molar-refractivity contribution in [1.29, 1.82) is 0 Å². The molecule has 0 bridgehead atoms. The van der Waals surface area contributed by atoms with Gasteiger partial charge in [-0.15, -0.1) is 0 Å². The summed E-state index contributed by atoms with van der Waals surface area (Å²) in [5, 5.41) is 5.60. The van der Waals surface area contributed by atoms with E-state index in [9.17, 15) is 9.59 Å². The Bertz CT molecular complexity index is 528. The third kappa shape index (κ3) is 6.00. The number of rotatable bonds is 7. The zero-order valence-corrected chi connectivity index (χ0v) is 13.6. The van der Waals surface area contributed by atoms with Crippen molar-refractivity contribution in [3.05, 3.63) is 29.8 Å². The molecule has 6 heteroatoms. The number of amides is 2. The Balaban J connectivity index is 1.68. The molecular weight excluding hydrogens is 294 g/mol. The molecule has 6 nitrogen and oxygen atoms in total. The summed E-state index contributed by atoms with van der Waals surface area (Å²) in [6.45, 7) is 6.64. The van der Waals surface area contributed by atoms with Gasteiger partial charge in [-0.3, -0.25) is 14.5 Å². The Labute approximate surface area is 137 Å². The minimum absolute atomic E-state index is 0.152. The van der Waals surface area contributed by atoms with Gasteiger partial charge < -0.3 is 15.4 Å². The summed E-state index contributed by atoms with van der Waals surface area (Å²) in [6.07, 6.45) is 0.684. The molecule has 1 heterocycles. The molecule has 0 spiro atoms. The molecule has 1 fully saturated rings. The SMILES string of the molecule is CCc1ccccc1NC(=O)CC(=O)NCCN1CCOCC1. The molecule has 1 saturated heterocycles. The Morgan fingerprint density at radius 3 is 2.65 bits per heavy atom. The van der Waals surface area contributed by atoms with Crippen LogP contribution in [0.15, 0.2) is 24.3 Å². The van der Waals surface area contributed by atoms with Gasteiger partial charge in [0.05, 0.1) is 13.2 Å². The number of carbonyl (C=O) groups excluding carboxylic acids is 2. The first-order chi connectivity index (χ1) is 11.2. The lowest BCUT2D eigenvalue weighted by Gasteiger charge is -2.26. The average Bonchev–Trinajstić information content (AvgIpc) is 2.56. The van der Waals surface area contributed by atoms with Gasteiger partial charge in [0.1, 0.15) is 6.42 Å². The molecule has 0 unspecified atom stereocenters. The van der Waals surface area contributed by atoms with Gasteiger partial charge >= 0.3 is 0 Å². The number of hydrogen-bond donors (Lipinski definition) is 2. The van der Waals surface area contributed by atoms with E-state index in [0.717, 1.165) is 50.5 Å². The first kappa shape index (κ1) is 17.4. The Kier molecular flexibility index (Phi) is 7.03. The molecular formula is C17H25N3O3. The summed E-state index contributed by atoms with van der Waals surface area (Å²) in [5.74, 6) is -0.528. The van der Waals surface area contributed by atoms with Crippen LogP contribution in [-0.4, -0.2) is 56.1 Å². The highest BCUT2D eigenvalue weighted by molar-refractivity contribution is 6.03. The molecule has 126 valence electrons. The largest absolute Gasteiger partial charge is 0.379 e. The standard InChI is InChI=1S/C17H25N3O3/c1-2-14-5-3-4-6-15(14)19-17(22)13-16(21)18-7-8-20-9-11-23-12-10-20/h3-6H,2,7-13H2,1H3,(H,18,21)(H,19,22). The molecule has 2 N–H and O–H groups in total. The summed E-state index contributed by atoms with van der Waals surface area (Å²) >= 11 is 0. The molecule has 1 aliphatic rings. The third-order valence-electron chi connectivity index (χ3n) is 3.85. The molecule has 0 radical (unpaired) electrons. The van der Waals surface area contributed by atoms with Crippen LogP contribution in [0, 0.1) is 0 Å². The van der Waals surface area contributed by atoms with E-state index in [2.05, 4.69) is 15.5 Å². The van der Waals surface area contributed by atoms with Crippen molar-refractivity contribution < 1.29 is 14.3 Å². The van der Waals surface area contributed by atoms with Gasteiger partial charge in [0, 0.05) is 31.9 Å². The number of carbonyl (C=O) groups is 2. The molecule has 2 amide bonds. The summed E-state index contributed by atoms with van der Waals surface area (Å²) in [5.41, 5.74) is 1.84. The van der Waals surface area contributed by atoms with Gasteiger partial charge in [-0.25, -0.2) is 0 Å². The van der Waals surface area contributed by atoms with Gasteiger partial charge in [-0.05, 0) is 18.1 Å². The Morgan fingerprint density at radius 1 is 1.17 bits per heavy atom. The number of benzene rings is 1. The quantitative estimate of drug-likeness (QED) is 0.736. The minimum Gasteiger partial charge on any atom is -0.379 e. The minimum atomic E-state index is -0.283. The highest BCUT2D eigenvalue weighted by Gasteiger charge is 2.13. The molecule has 1 aliphatic heterocycles. The summed E-state index contributed by atoms with van der Waals surface area (Å²) in [7, 11) is 0. The third-order valence-corrected chi connectivity index (χ3v) is 3.85. The number of morpholine rings is 1. The fourth-order valence-corrected chi connectivity index (χ4v) is 2.53. The van der Waals surface area contributed by atoms with E-state index in [0.29, 0.717) is 6.54 Å². The first-order valence-corrected chi connectivity index (χ1v) is 8.13. The monoisotopic (exact) mass is 319 g/mol. The summed E-state index contributed by atoms with van der Waals surface area (Å²) < 4.78 is 5.27. The molecule has 0 saturated carbocycles. The maximum absolute atomic E-state index is 12.0. The zero-order valence-electron chi connectivity index (χ0n) is 13.6. The van der Waals surface area contributed by atoms with Gasteiger partial charge in [0.2, 0.25) is 11.8 Å². The van der Waals surface area contributed by atoms with Crippen molar-refractivity contribution in [1.82, 2.24) is 10.2 Å². The maximum Gasteiger partial charge on any atom is 0.233 e. The predicted molar refractivity (Wildman–Crippen MR) is 89.3 cm³/mol. The van der Waals surface area contributed by atoms with Crippen molar-refractivity contribution >= 4 is 17.5 Å².